The Hall–Kier alpha value is -1.39. The summed E-state index contributed by atoms with van der Waals surface area (Å²) in [7, 11) is 0. The molecule has 0 radical (unpaired) electrons. The molecule has 1 amide bonds. The van der Waals surface area contributed by atoms with E-state index in [0.29, 0.717) is 18.8 Å². The average Bonchev–Trinajstić information content (AvgIpc) is 2.25. The van der Waals surface area contributed by atoms with Crippen LogP contribution in [0.25, 0.3) is 0 Å². The van der Waals surface area contributed by atoms with Gasteiger partial charge in [-0.3, -0.25) is 0 Å². The molecular formula is C12H19N2O2+. The van der Waals surface area contributed by atoms with E-state index in [1.165, 1.54) is 0 Å². The number of hydrogen-bond donors (Lipinski definition) is 2. The topological polar surface area (TPSA) is 63.3 Å². The second kappa shape index (κ2) is 5.09. The van der Waals surface area contributed by atoms with Crippen LogP contribution in [-0.4, -0.2) is 30.7 Å². The van der Waals surface area contributed by atoms with Gasteiger partial charge in [0.1, 0.15) is 12.2 Å². The molecule has 1 aromatic rings. The summed E-state index contributed by atoms with van der Waals surface area (Å²) in [5.41, 5.74) is 7.19. The van der Waals surface area contributed by atoms with Gasteiger partial charge in [0.25, 0.3) is 0 Å². The molecule has 0 saturated carbocycles. The lowest BCUT2D eigenvalue weighted by atomic mass is 10.2. The van der Waals surface area contributed by atoms with E-state index >= 15 is 0 Å². The van der Waals surface area contributed by atoms with Gasteiger partial charge in [0.15, 0.2) is 0 Å². The lowest BCUT2D eigenvalue weighted by molar-refractivity contribution is -0.128. The molecule has 0 aliphatic rings. The minimum Gasteiger partial charge on any atom is -0.399 e. The van der Waals surface area contributed by atoms with E-state index in [0.717, 1.165) is 5.69 Å². The maximum absolute atomic E-state index is 11.8. The van der Waals surface area contributed by atoms with Crippen LogP contribution in [0.3, 0.4) is 0 Å². The van der Waals surface area contributed by atoms with Gasteiger partial charge in [-0.05, 0) is 19.1 Å². The highest BCUT2D eigenvalue weighted by atomic mass is 16.3. The van der Waals surface area contributed by atoms with Crippen LogP contribution in [0.5, 0.6) is 0 Å². The maximum atomic E-state index is 11.8. The van der Waals surface area contributed by atoms with Crippen molar-refractivity contribution in [3.63, 3.8) is 0 Å². The normalized spacial score (nSPS) is 14.4. The summed E-state index contributed by atoms with van der Waals surface area (Å²) in [6.45, 7) is 4.44. The molecule has 1 aromatic carbocycles. The van der Waals surface area contributed by atoms with E-state index in [9.17, 15) is 4.79 Å². The van der Waals surface area contributed by atoms with Gasteiger partial charge in [-0.1, -0.05) is 6.07 Å². The predicted octanol–water partition coefficient (Wildman–Crippen LogP) is 1.13. The fourth-order valence-corrected chi connectivity index (χ4v) is 1.99. The molecule has 1 unspecified atom stereocenters. The Kier molecular flexibility index (Phi) is 4.04. The van der Waals surface area contributed by atoms with Gasteiger partial charge in [0.2, 0.25) is 0 Å². The summed E-state index contributed by atoms with van der Waals surface area (Å²) in [6.07, 6.45) is 0. The molecule has 0 aromatic heterocycles. The van der Waals surface area contributed by atoms with Crippen LogP contribution in [0.1, 0.15) is 13.8 Å². The number of benzene rings is 1. The lowest BCUT2D eigenvalue weighted by Gasteiger charge is -2.33. The van der Waals surface area contributed by atoms with Crippen molar-refractivity contribution in [2.45, 2.75) is 13.8 Å². The van der Waals surface area contributed by atoms with Gasteiger partial charge >= 0.3 is 5.91 Å². The van der Waals surface area contributed by atoms with Crippen LogP contribution >= 0.6 is 0 Å². The summed E-state index contributed by atoms with van der Waals surface area (Å²) in [6, 6.07) is 7.28. The Labute approximate surface area is 95.9 Å². The van der Waals surface area contributed by atoms with Crippen molar-refractivity contribution in [1.82, 2.24) is 4.48 Å². The fourth-order valence-electron chi connectivity index (χ4n) is 1.99. The smallest absolute Gasteiger partial charge is 0.315 e. The SMILES string of the molecule is CC[N+](CCO)(C(C)=O)c1cccc(N)c1. The number of likely N-dealkylation sites (N-methyl/N-ethyl adjacent to an activating group) is 1. The lowest BCUT2D eigenvalue weighted by Crippen LogP contribution is -2.54. The molecule has 0 aliphatic carbocycles. The standard InChI is InChI=1S/C12H19N2O2/c1-3-14(7-8-15,10(2)16)12-6-4-5-11(13)9-12/h4-6,9,15H,3,7-8,13H2,1-2H3/q+1. The van der Waals surface area contributed by atoms with Crippen molar-refractivity contribution < 1.29 is 9.90 Å². The second-order valence-corrected chi connectivity index (χ2v) is 3.85. The third-order valence-electron chi connectivity index (χ3n) is 2.99. The minimum atomic E-state index is -0.0256. The van der Waals surface area contributed by atoms with E-state index in [2.05, 4.69) is 0 Å². The number of rotatable bonds is 4. The molecule has 0 heterocycles. The summed E-state index contributed by atoms with van der Waals surface area (Å²) >= 11 is 0. The quantitative estimate of drug-likeness (QED) is 0.594. The number of carbonyl (C=O) groups excluding carboxylic acids is 1. The summed E-state index contributed by atoms with van der Waals surface area (Å²) in [5, 5.41) is 9.11. The summed E-state index contributed by atoms with van der Waals surface area (Å²) < 4.78 is 0.140. The summed E-state index contributed by atoms with van der Waals surface area (Å²) in [4.78, 5) is 11.8. The number of aliphatic hydroxyl groups is 1. The first-order valence-electron chi connectivity index (χ1n) is 5.42. The van der Waals surface area contributed by atoms with Crippen molar-refractivity contribution >= 4 is 17.3 Å². The molecule has 0 bridgehead atoms. The number of amides is 1. The van der Waals surface area contributed by atoms with Gasteiger partial charge in [0.05, 0.1) is 20.1 Å². The molecule has 0 aliphatic heterocycles. The van der Waals surface area contributed by atoms with Crippen LogP contribution in [0.2, 0.25) is 0 Å². The van der Waals surface area contributed by atoms with Crippen molar-refractivity contribution in [3.05, 3.63) is 24.3 Å². The van der Waals surface area contributed by atoms with E-state index in [-0.39, 0.29) is 17.0 Å². The van der Waals surface area contributed by atoms with E-state index in [1.54, 1.807) is 19.1 Å². The first-order valence-corrected chi connectivity index (χ1v) is 5.42. The van der Waals surface area contributed by atoms with Crippen LogP contribution in [0.15, 0.2) is 24.3 Å². The van der Waals surface area contributed by atoms with Crippen LogP contribution in [-0.2, 0) is 4.79 Å². The summed E-state index contributed by atoms with van der Waals surface area (Å²) in [5.74, 6) is 0.0159. The molecule has 88 valence electrons. The number of nitrogens with two attached hydrogens (primary N) is 1. The fraction of sp³-hybridized carbons (Fsp3) is 0.417. The largest absolute Gasteiger partial charge is 0.399 e. The van der Waals surface area contributed by atoms with Gasteiger partial charge in [-0.25, -0.2) is 9.28 Å². The van der Waals surface area contributed by atoms with Gasteiger partial charge < -0.3 is 10.8 Å². The first kappa shape index (κ1) is 12.7. The molecule has 4 nitrogen and oxygen atoms in total. The number of carbonyl (C=O) groups is 1. The number of anilines is 1. The number of nitrogen functional groups attached to an aromatic ring is 1. The van der Waals surface area contributed by atoms with E-state index < -0.39 is 0 Å². The molecule has 0 saturated heterocycles. The Bertz CT molecular complexity index is 379. The molecule has 16 heavy (non-hydrogen) atoms. The number of hydrogen-bond acceptors (Lipinski definition) is 3. The highest BCUT2D eigenvalue weighted by Gasteiger charge is 2.33. The molecule has 0 fully saturated rings. The van der Waals surface area contributed by atoms with Crippen LogP contribution in [0.4, 0.5) is 11.4 Å². The highest BCUT2D eigenvalue weighted by molar-refractivity contribution is 5.87. The Morgan fingerprint density at radius 2 is 2.19 bits per heavy atom. The molecular weight excluding hydrogens is 204 g/mol. The third-order valence-corrected chi connectivity index (χ3v) is 2.99. The minimum absolute atomic E-state index is 0.0159. The number of quaternary nitrogens is 1. The van der Waals surface area contributed by atoms with Crippen molar-refractivity contribution in [3.8, 4) is 0 Å². The van der Waals surface area contributed by atoms with Gasteiger partial charge in [-0.2, -0.15) is 0 Å². The third kappa shape index (κ3) is 2.23. The number of nitrogens with zero attached hydrogens (tertiary/aromatic N) is 1. The van der Waals surface area contributed by atoms with E-state index in [4.69, 9.17) is 10.8 Å². The molecule has 1 atom stereocenters. The van der Waals surface area contributed by atoms with E-state index in [1.807, 2.05) is 19.1 Å². The van der Waals surface area contributed by atoms with Crippen molar-refractivity contribution in [1.29, 1.82) is 0 Å². The van der Waals surface area contributed by atoms with Crippen molar-refractivity contribution in [2.24, 2.45) is 0 Å². The van der Waals surface area contributed by atoms with Crippen molar-refractivity contribution in [2.75, 3.05) is 25.4 Å². The van der Waals surface area contributed by atoms with Gasteiger partial charge in [0, 0.05) is 11.8 Å². The zero-order valence-electron chi connectivity index (χ0n) is 9.81. The Morgan fingerprint density at radius 3 is 2.62 bits per heavy atom. The monoisotopic (exact) mass is 223 g/mol. The number of aliphatic hydroxyl groups excluding tert-OH is 1. The molecule has 4 heteroatoms. The predicted molar refractivity (Wildman–Crippen MR) is 65.8 cm³/mol. The zero-order valence-corrected chi connectivity index (χ0v) is 9.81. The molecule has 1 rings (SSSR count). The highest BCUT2D eigenvalue weighted by Crippen LogP contribution is 2.25. The molecule has 3 N–H and O–H groups in total. The second-order valence-electron chi connectivity index (χ2n) is 3.85. The average molecular weight is 223 g/mol. The Balaban J connectivity index is 3.24. The van der Waals surface area contributed by atoms with Crippen LogP contribution < -0.4 is 10.2 Å². The zero-order chi connectivity index (χ0) is 12.2. The maximum Gasteiger partial charge on any atom is 0.315 e. The molecule has 0 spiro atoms. The first-order chi connectivity index (χ1) is 7.56. The Morgan fingerprint density at radius 1 is 1.50 bits per heavy atom. The van der Waals surface area contributed by atoms with Crippen LogP contribution in [0, 0.1) is 0 Å². The van der Waals surface area contributed by atoms with Gasteiger partial charge in [-0.15, -0.1) is 0 Å².